The highest BCUT2D eigenvalue weighted by molar-refractivity contribution is 6.18. The van der Waals surface area contributed by atoms with Crippen LogP contribution < -0.4 is 5.32 Å². The molecule has 1 aromatic carbocycles. The predicted octanol–water partition coefficient (Wildman–Crippen LogP) is 2.98. The van der Waals surface area contributed by atoms with Crippen LogP contribution in [-0.4, -0.2) is 23.3 Å². The molecular formula is C15H15ClN2O. The summed E-state index contributed by atoms with van der Waals surface area (Å²) in [6.07, 6.45) is 3.87. The minimum atomic E-state index is -0.117. The Morgan fingerprint density at radius 1 is 1.32 bits per heavy atom. The largest absolute Gasteiger partial charge is 0.350 e. The van der Waals surface area contributed by atoms with Gasteiger partial charge in [-0.05, 0) is 24.3 Å². The summed E-state index contributed by atoms with van der Waals surface area (Å²) >= 11 is 5.91. The molecule has 1 aliphatic rings. The molecule has 1 heterocycles. The summed E-state index contributed by atoms with van der Waals surface area (Å²) < 4.78 is 0. The molecule has 1 saturated carbocycles. The number of nitrogens with one attached hydrogen (secondary N) is 1. The lowest BCUT2D eigenvalue weighted by Gasteiger charge is -2.12. The first-order chi connectivity index (χ1) is 9.24. The van der Waals surface area contributed by atoms with E-state index in [1.165, 1.54) is 0 Å². The molecule has 2 aromatic rings. The minimum Gasteiger partial charge on any atom is -0.350 e. The number of rotatable bonds is 4. The van der Waals surface area contributed by atoms with Crippen LogP contribution in [0.2, 0.25) is 0 Å². The van der Waals surface area contributed by atoms with E-state index in [0.717, 1.165) is 23.6 Å². The molecule has 4 heteroatoms. The van der Waals surface area contributed by atoms with Crippen molar-refractivity contribution in [2.24, 2.45) is 5.41 Å². The van der Waals surface area contributed by atoms with Gasteiger partial charge in [-0.15, -0.1) is 11.6 Å². The van der Waals surface area contributed by atoms with Crippen LogP contribution in [0.3, 0.4) is 0 Å². The molecule has 3 rings (SSSR count). The Bertz CT molecular complexity index is 617. The summed E-state index contributed by atoms with van der Waals surface area (Å²) in [7, 11) is 0. The number of nitrogens with zero attached hydrogens (tertiary/aromatic N) is 1. The van der Waals surface area contributed by atoms with Crippen molar-refractivity contribution >= 4 is 28.3 Å². The van der Waals surface area contributed by atoms with Crippen molar-refractivity contribution in [3.63, 3.8) is 0 Å². The number of hydrogen-bond acceptors (Lipinski definition) is 2. The van der Waals surface area contributed by atoms with Gasteiger partial charge in [0.2, 0.25) is 0 Å². The number of carbonyl (C=O) groups is 1. The van der Waals surface area contributed by atoms with Gasteiger partial charge >= 0.3 is 0 Å². The molecule has 0 bridgehead atoms. The molecule has 19 heavy (non-hydrogen) atoms. The third-order valence-electron chi connectivity index (χ3n) is 3.75. The van der Waals surface area contributed by atoms with Crippen molar-refractivity contribution in [2.45, 2.75) is 12.8 Å². The van der Waals surface area contributed by atoms with Crippen LogP contribution in [0.5, 0.6) is 0 Å². The van der Waals surface area contributed by atoms with Crippen LogP contribution in [0, 0.1) is 5.41 Å². The smallest absolute Gasteiger partial charge is 0.270 e. The van der Waals surface area contributed by atoms with E-state index in [4.69, 9.17) is 11.6 Å². The number of fused-ring (bicyclic) bond motifs is 1. The fraction of sp³-hybridized carbons (Fsp3) is 0.333. The number of benzene rings is 1. The van der Waals surface area contributed by atoms with E-state index in [1.807, 2.05) is 30.3 Å². The van der Waals surface area contributed by atoms with Crippen LogP contribution in [0.25, 0.3) is 10.8 Å². The standard InChI is InChI=1S/C15H15ClN2O/c16-9-15(6-7-15)10-18-14(19)13-12-4-2-1-3-11(12)5-8-17-13/h1-5,8H,6-7,9-10H2,(H,18,19). The molecule has 0 aliphatic heterocycles. The van der Waals surface area contributed by atoms with E-state index in [9.17, 15) is 4.79 Å². The predicted molar refractivity (Wildman–Crippen MR) is 76.5 cm³/mol. The van der Waals surface area contributed by atoms with Gasteiger partial charge in [-0.1, -0.05) is 24.3 Å². The Morgan fingerprint density at radius 2 is 2.11 bits per heavy atom. The Morgan fingerprint density at radius 3 is 2.84 bits per heavy atom. The first-order valence-electron chi connectivity index (χ1n) is 6.42. The number of carbonyl (C=O) groups excluding carboxylic acids is 1. The highest BCUT2D eigenvalue weighted by atomic mass is 35.5. The molecule has 0 spiro atoms. The average Bonchev–Trinajstić information content (AvgIpc) is 3.25. The maximum absolute atomic E-state index is 12.2. The fourth-order valence-corrected chi connectivity index (χ4v) is 2.55. The summed E-state index contributed by atoms with van der Waals surface area (Å²) in [5, 5.41) is 4.87. The highest BCUT2D eigenvalue weighted by Gasteiger charge is 2.41. The van der Waals surface area contributed by atoms with E-state index in [2.05, 4.69) is 10.3 Å². The number of hydrogen-bond donors (Lipinski definition) is 1. The average molecular weight is 275 g/mol. The summed E-state index contributed by atoms with van der Waals surface area (Å²) in [4.78, 5) is 16.4. The molecule has 0 atom stereocenters. The van der Waals surface area contributed by atoms with Gasteiger partial charge in [0, 0.05) is 29.4 Å². The lowest BCUT2D eigenvalue weighted by atomic mass is 10.1. The number of halogens is 1. The van der Waals surface area contributed by atoms with E-state index < -0.39 is 0 Å². The molecule has 98 valence electrons. The number of pyridine rings is 1. The third kappa shape index (κ3) is 2.43. The van der Waals surface area contributed by atoms with Crippen LogP contribution >= 0.6 is 11.6 Å². The second kappa shape index (κ2) is 4.82. The van der Waals surface area contributed by atoms with Crippen LogP contribution in [0.15, 0.2) is 36.5 Å². The summed E-state index contributed by atoms with van der Waals surface area (Å²) in [6.45, 7) is 0.639. The topological polar surface area (TPSA) is 42.0 Å². The fourth-order valence-electron chi connectivity index (χ4n) is 2.19. The van der Waals surface area contributed by atoms with Crippen molar-refractivity contribution in [1.82, 2.24) is 10.3 Å². The molecule has 1 fully saturated rings. The molecule has 1 amide bonds. The van der Waals surface area contributed by atoms with Crippen LogP contribution in [0.1, 0.15) is 23.3 Å². The maximum Gasteiger partial charge on any atom is 0.270 e. The molecule has 1 N–H and O–H groups in total. The maximum atomic E-state index is 12.2. The van der Waals surface area contributed by atoms with Crippen LogP contribution in [0.4, 0.5) is 0 Å². The Balaban J connectivity index is 1.82. The van der Waals surface area contributed by atoms with E-state index in [1.54, 1.807) is 6.20 Å². The zero-order valence-corrected chi connectivity index (χ0v) is 11.3. The van der Waals surface area contributed by atoms with Crippen molar-refractivity contribution in [1.29, 1.82) is 0 Å². The monoisotopic (exact) mass is 274 g/mol. The van der Waals surface area contributed by atoms with Crippen molar-refractivity contribution in [2.75, 3.05) is 12.4 Å². The summed E-state index contributed by atoms with van der Waals surface area (Å²) in [6, 6.07) is 9.69. The molecule has 0 unspecified atom stereocenters. The zero-order chi connectivity index (χ0) is 13.3. The van der Waals surface area contributed by atoms with Crippen LogP contribution in [-0.2, 0) is 0 Å². The van der Waals surface area contributed by atoms with Gasteiger partial charge in [0.25, 0.3) is 5.91 Å². The van der Waals surface area contributed by atoms with Gasteiger partial charge in [0.15, 0.2) is 0 Å². The lowest BCUT2D eigenvalue weighted by Crippen LogP contribution is -2.31. The Hall–Kier alpha value is -1.61. The Labute approximate surface area is 117 Å². The highest BCUT2D eigenvalue weighted by Crippen LogP contribution is 2.45. The third-order valence-corrected chi connectivity index (χ3v) is 4.32. The summed E-state index contributed by atoms with van der Waals surface area (Å²) in [5.74, 6) is 0.490. The first kappa shape index (κ1) is 12.4. The second-order valence-electron chi connectivity index (χ2n) is 5.20. The van der Waals surface area contributed by atoms with Gasteiger partial charge in [-0.3, -0.25) is 9.78 Å². The molecule has 1 aromatic heterocycles. The quantitative estimate of drug-likeness (QED) is 0.871. The van der Waals surface area contributed by atoms with Gasteiger partial charge in [0.05, 0.1) is 0 Å². The lowest BCUT2D eigenvalue weighted by molar-refractivity contribution is 0.0943. The zero-order valence-electron chi connectivity index (χ0n) is 10.5. The summed E-state index contributed by atoms with van der Waals surface area (Å²) in [5.41, 5.74) is 0.616. The van der Waals surface area contributed by atoms with Gasteiger partial charge in [0.1, 0.15) is 5.69 Å². The van der Waals surface area contributed by atoms with Gasteiger partial charge in [-0.2, -0.15) is 0 Å². The Kier molecular flexibility index (Phi) is 3.15. The number of alkyl halides is 1. The SMILES string of the molecule is O=C(NCC1(CCl)CC1)c1nccc2ccccc12. The second-order valence-corrected chi connectivity index (χ2v) is 5.46. The molecular weight excluding hydrogens is 260 g/mol. The minimum absolute atomic E-state index is 0.117. The van der Waals surface area contributed by atoms with Crippen molar-refractivity contribution in [3.8, 4) is 0 Å². The number of amides is 1. The molecule has 1 aliphatic carbocycles. The van der Waals surface area contributed by atoms with E-state index in [0.29, 0.717) is 18.1 Å². The van der Waals surface area contributed by atoms with Gasteiger partial charge < -0.3 is 5.32 Å². The van der Waals surface area contributed by atoms with E-state index in [-0.39, 0.29) is 11.3 Å². The normalized spacial score (nSPS) is 16.3. The van der Waals surface area contributed by atoms with Crippen molar-refractivity contribution < 1.29 is 4.79 Å². The number of aromatic nitrogens is 1. The van der Waals surface area contributed by atoms with Gasteiger partial charge in [-0.25, -0.2) is 0 Å². The van der Waals surface area contributed by atoms with Crippen molar-refractivity contribution in [3.05, 3.63) is 42.2 Å². The first-order valence-corrected chi connectivity index (χ1v) is 6.95. The molecule has 0 radical (unpaired) electrons. The molecule has 0 saturated heterocycles. The van der Waals surface area contributed by atoms with E-state index >= 15 is 0 Å². The molecule has 3 nitrogen and oxygen atoms in total.